The van der Waals surface area contributed by atoms with E-state index in [1.165, 1.54) is 0 Å². The summed E-state index contributed by atoms with van der Waals surface area (Å²) < 4.78 is 0. The molecule has 3 N–H and O–H groups in total. The molecule has 1 fully saturated rings. The highest BCUT2D eigenvalue weighted by atomic mass is 16.3. The SMILES string of the molecule is CC1(C)C[C@]1(N)CO. The lowest BCUT2D eigenvalue weighted by molar-refractivity contribution is 0.234. The van der Waals surface area contributed by atoms with Gasteiger partial charge in [-0.3, -0.25) is 0 Å². The van der Waals surface area contributed by atoms with Crippen molar-refractivity contribution in [2.24, 2.45) is 11.1 Å². The van der Waals surface area contributed by atoms with Gasteiger partial charge in [0.05, 0.1) is 6.61 Å². The van der Waals surface area contributed by atoms with Crippen LogP contribution < -0.4 is 5.73 Å². The zero-order chi connectivity index (χ0) is 6.41. The normalized spacial score (nSPS) is 42.0. The van der Waals surface area contributed by atoms with E-state index in [1.54, 1.807) is 0 Å². The summed E-state index contributed by atoms with van der Waals surface area (Å²) in [5, 5.41) is 8.68. The summed E-state index contributed by atoms with van der Waals surface area (Å²) in [5.74, 6) is 0. The summed E-state index contributed by atoms with van der Waals surface area (Å²) in [6, 6.07) is 0. The molecule has 0 spiro atoms. The van der Waals surface area contributed by atoms with E-state index < -0.39 is 0 Å². The van der Waals surface area contributed by atoms with E-state index in [0.29, 0.717) is 0 Å². The van der Waals surface area contributed by atoms with Crippen molar-refractivity contribution >= 4 is 0 Å². The van der Waals surface area contributed by atoms with Crippen LogP contribution in [0, 0.1) is 5.41 Å². The van der Waals surface area contributed by atoms with Gasteiger partial charge in [-0.25, -0.2) is 0 Å². The molecule has 48 valence electrons. The number of hydrogen-bond acceptors (Lipinski definition) is 2. The fourth-order valence-electron chi connectivity index (χ4n) is 1.01. The molecule has 0 amide bonds. The predicted octanol–water partition coefficient (Wildman–Crippen LogP) is 0.106. The van der Waals surface area contributed by atoms with Crippen LogP contribution >= 0.6 is 0 Å². The maximum Gasteiger partial charge on any atom is 0.0616 e. The Bertz CT molecular complexity index is 111. The molecule has 0 aromatic heterocycles. The summed E-state index contributed by atoms with van der Waals surface area (Å²) in [4.78, 5) is 0. The zero-order valence-corrected chi connectivity index (χ0v) is 5.44. The maximum absolute atomic E-state index is 8.68. The van der Waals surface area contributed by atoms with Crippen LogP contribution in [0.5, 0.6) is 0 Å². The predicted molar refractivity (Wildman–Crippen MR) is 32.4 cm³/mol. The lowest BCUT2D eigenvalue weighted by atomic mass is 10.1. The third kappa shape index (κ3) is 0.565. The second-order valence-corrected chi connectivity index (χ2v) is 3.37. The molecule has 0 unspecified atom stereocenters. The van der Waals surface area contributed by atoms with Crippen molar-refractivity contribution in [3.8, 4) is 0 Å². The Labute approximate surface area is 49.7 Å². The van der Waals surface area contributed by atoms with Crippen molar-refractivity contribution in [3.63, 3.8) is 0 Å². The van der Waals surface area contributed by atoms with Gasteiger partial charge in [-0.1, -0.05) is 13.8 Å². The van der Waals surface area contributed by atoms with Crippen LogP contribution in [0.2, 0.25) is 0 Å². The minimum atomic E-state index is -0.257. The van der Waals surface area contributed by atoms with Gasteiger partial charge in [0.1, 0.15) is 0 Å². The topological polar surface area (TPSA) is 46.2 Å². The summed E-state index contributed by atoms with van der Waals surface area (Å²) >= 11 is 0. The quantitative estimate of drug-likeness (QED) is 0.509. The van der Waals surface area contributed by atoms with Crippen LogP contribution in [0.3, 0.4) is 0 Å². The molecule has 2 nitrogen and oxygen atoms in total. The molecule has 0 saturated heterocycles. The molecule has 0 aromatic rings. The number of aliphatic hydroxyl groups excluding tert-OH is 1. The number of hydrogen-bond donors (Lipinski definition) is 2. The smallest absolute Gasteiger partial charge is 0.0616 e. The largest absolute Gasteiger partial charge is 0.394 e. The van der Waals surface area contributed by atoms with Crippen molar-refractivity contribution < 1.29 is 5.11 Å². The number of aliphatic hydroxyl groups is 1. The molecular weight excluding hydrogens is 102 g/mol. The number of rotatable bonds is 1. The van der Waals surface area contributed by atoms with E-state index in [1.807, 2.05) is 0 Å². The first-order valence-corrected chi connectivity index (χ1v) is 2.92. The summed E-state index contributed by atoms with van der Waals surface area (Å²) in [7, 11) is 0. The summed E-state index contributed by atoms with van der Waals surface area (Å²) in [5.41, 5.74) is 5.60. The van der Waals surface area contributed by atoms with Gasteiger partial charge in [0, 0.05) is 5.54 Å². The van der Waals surface area contributed by atoms with Crippen LogP contribution in [0.25, 0.3) is 0 Å². The van der Waals surface area contributed by atoms with Crippen molar-refractivity contribution in [2.75, 3.05) is 6.61 Å². The van der Waals surface area contributed by atoms with E-state index in [0.717, 1.165) is 6.42 Å². The van der Waals surface area contributed by atoms with Crippen molar-refractivity contribution in [3.05, 3.63) is 0 Å². The molecule has 0 radical (unpaired) electrons. The first-order valence-electron chi connectivity index (χ1n) is 2.92. The zero-order valence-electron chi connectivity index (χ0n) is 5.44. The third-order valence-corrected chi connectivity index (χ3v) is 2.26. The molecule has 1 saturated carbocycles. The van der Waals surface area contributed by atoms with Gasteiger partial charge < -0.3 is 10.8 Å². The first-order chi connectivity index (χ1) is 3.52. The highest BCUT2D eigenvalue weighted by Gasteiger charge is 2.57. The molecule has 0 aliphatic heterocycles. The van der Waals surface area contributed by atoms with E-state index >= 15 is 0 Å². The van der Waals surface area contributed by atoms with Gasteiger partial charge in [0.2, 0.25) is 0 Å². The molecule has 2 heteroatoms. The van der Waals surface area contributed by atoms with E-state index in [4.69, 9.17) is 10.8 Å². The number of nitrogens with two attached hydrogens (primary N) is 1. The van der Waals surface area contributed by atoms with Crippen LogP contribution in [-0.2, 0) is 0 Å². The monoisotopic (exact) mass is 115 g/mol. The van der Waals surface area contributed by atoms with Gasteiger partial charge in [-0.05, 0) is 11.8 Å². The van der Waals surface area contributed by atoms with Gasteiger partial charge >= 0.3 is 0 Å². The van der Waals surface area contributed by atoms with E-state index in [-0.39, 0.29) is 17.6 Å². The minimum Gasteiger partial charge on any atom is -0.394 e. The minimum absolute atomic E-state index is 0.125. The Morgan fingerprint density at radius 2 is 2.00 bits per heavy atom. The third-order valence-electron chi connectivity index (χ3n) is 2.26. The fourth-order valence-corrected chi connectivity index (χ4v) is 1.01. The van der Waals surface area contributed by atoms with Crippen LogP contribution in [0.1, 0.15) is 20.3 Å². The average Bonchev–Trinajstić information content (AvgIpc) is 2.10. The maximum atomic E-state index is 8.68. The van der Waals surface area contributed by atoms with Gasteiger partial charge in [-0.2, -0.15) is 0 Å². The highest BCUT2D eigenvalue weighted by Crippen LogP contribution is 2.52. The molecule has 1 atom stereocenters. The average molecular weight is 115 g/mol. The van der Waals surface area contributed by atoms with Crippen LogP contribution in [-0.4, -0.2) is 17.3 Å². The van der Waals surface area contributed by atoms with Crippen molar-refractivity contribution in [2.45, 2.75) is 25.8 Å². The highest BCUT2D eigenvalue weighted by molar-refractivity contribution is 5.14. The Morgan fingerprint density at radius 3 is 2.00 bits per heavy atom. The van der Waals surface area contributed by atoms with Crippen LogP contribution in [0.15, 0.2) is 0 Å². The standard InChI is InChI=1S/C6H13NO/c1-5(2)3-6(5,7)4-8/h8H,3-4,7H2,1-2H3/t6-/m0/s1. The first kappa shape index (κ1) is 6.05. The Hall–Kier alpha value is -0.0800. The van der Waals surface area contributed by atoms with Crippen molar-refractivity contribution in [1.82, 2.24) is 0 Å². The molecule has 1 rings (SSSR count). The van der Waals surface area contributed by atoms with E-state index in [2.05, 4.69) is 13.8 Å². The molecule has 1 aliphatic carbocycles. The van der Waals surface area contributed by atoms with Crippen LogP contribution in [0.4, 0.5) is 0 Å². The molecular formula is C6H13NO. The summed E-state index contributed by atoms with van der Waals surface area (Å²) in [6.07, 6.45) is 0.955. The molecule has 1 aliphatic rings. The second-order valence-electron chi connectivity index (χ2n) is 3.37. The lowest BCUT2D eigenvalue weighted by Crippen LogP contribution is -2.32. The van der Waals surface area contributed by atoms with Gasteiger partial charge in [0.15, 0.2) is 0 Å². The van der Waals surface area contributed by atoms with Crippen molar-refractivity contribution in [1.29, 1.82) is 0 Å². The lowest BCUT2D eigenvalue weighted by Gasteiger charge is -2.09. The summed E-state index contributed by atoms with van der Waals surface area (Å²) in [6.45, 7) is 4.27. The molecule has 0 bridgehead atoms. The Kier molecular flexibility index (Phi) is 0.946. The Morgan fingerprint density at radius 1 is 1.62 bits per heavy atom. The fraction of sp³-hybridized carbons (Fsp3) is 1.00. The molecule has 0 aromatic carbocycles. The van der Waals surface area contributed by atoms with Gasteiger partial charge in [0.25, 0.3) is 0 Å². The van der Waals surface area contributed by atoms with Gasteiger partial charge in [-0.15, -0.1) is 0 Å². The second kappa shape index (κ2) is 1.25. The van der Waals surface area contributed by atoms with E-state index in [9.17, 15) is 0 Å². The molecule has 8 heavy (non-hydrogen) atoms. The Balaban J connectivity index is 2.55. The molecule has 0 heterocycles.